The lowest BCUT2D eigenvalue weighted by molar-refractivity contribution is -0.0591. The molecule has 1 unspecified atom stereocenters. The number of ether oxygens (including phenoxy) is 2. The third-order valence-electron chi connectivity index (χ3n) is 1.35. The fourth-order valence-electron chi connectivity index (χ4n) is 0.812. The van der Waals surface area contributed by atoms with Gasteiger partial charge in [0.15, 0.2) is 0 Å². The first-order valence-corrected chi connectivity index (χ1v) is 3.95. The molecule has 0 bridgehead atoms. The number of hydrogen-bond donors (Lipinski definition) is 2. The van der Waals surface area contributed by atoms with Crippen molar-refractivity contribution in [1.29, 1.82) is 0 Å². The van der Waals surface area contributed by atoms with Crippen molar-refractivity contribution in [1.82, 2.24) is 5.48 Å². The average molecular weight is 175 g/mol. The highest BCUT2D eigenvalue weighted by molar-refractivity contribution is 4.86. The summed E-state index contributed by atoms with van der Waals surface area (Å²) in [6, 6.07) is 0. The minimum atomic E-state index is 0.00889. The number of allylic oxidation sites excluding steroid dienone is 1. The third-order valence-corrected chi connectivity index (χ3v) is 1.35. The standard InChI is InChI=1S/C8H17NO3/c1-3-4-8(5-6-9-10)12-7-11-2/h3-4,8-10H,5-7H2,1-2H3/b4-3+. The van der Waals surface area contributed by atoms with Gasteiger partial charge in [0, 0.05) is 13.7 Å². The molecule has 0 aliphatic heterocycles. The van der Waals surface area contributed by atoms with Gasteiger partial charge >= 0.3 is 0 Å². The van der Waals surface area contributed by atoms with Gasteiger partial charge in [0.25, 0.3) is 0 Å². The summed E-state index contributed by atoms with van der Waals surface area (Å²) in [7, 11) is 1.58. The summed E-state index contributed by atoms with van der Waals surface area (Å²) in [5.74, 6) is 0. The van der Waals surface area contributed by atoms with Crippen molar-refractivity contribution in [3.05, 3.63) is 12.2 Å². The van der Waals surface area contributed by atoms with Crippen LogP contribution in [0, 0.1) is 0 Å². The predicted octanol–water partition coefficient (Wildman–Crippen LogP) is 0.920. The van der Waals surface area contributed by atoms with Crippen LogP contribution in [-0.4, -0.2) is 31.8 Å². The van der Waals surface area contributed by atoms with E-state index >= 15 is 0 Å². The van der Waals surface area contributed by atoms with E-state index in [0.717, 1.165) is 6.42 Å². The second-order valence-corrected chi connectivity index (χ2v) is 2.33. The van der Waals surface area contributed by atoms with E-state index in [0.29, 0.717) is 6.54 Å². The number of rotatable bonds is 7. The molecule has 0 amide bonds. The Labute approximate surface area is 73.1 Å². The molecule has 0 aromatic rings. The lowest BCUT2D eigenvalue weighted by Gasteiger charge is -2.12. The molecule has 4 heteroatoms. The van der Waals surface area contributed by atoms with Gasteiger partial charge in [0.2, 0.25) is 0 Å². The fourth-order valence-corrected chi connectivity index (χ4v) is 0.812. The minimum absolute atomic E-state index is 0.00889. The second kappa shape index (κ2) is 8.67. The first kappa shape index (κ1) is 11.6. The van der Waals surface area contributed by atoms with Gasteiger partial charge in [-0.15, -0.1) is 0 Å². The molecule has 1 atom stereocenters. The molecular weight excluding hydrogens is 158 g/mol. The fraction of sp³-hybridized carbons (Fsp3) is 0.750. The monoisotopic (exact) mass is 175 g/mol. The van der Waals surface area contributed by atoms with E-state index < -0.39 is 0 Å². The normalized spacial score (nSPS) is 13.9. The van der Waals surface area contributed by atoms with Crippen LogP contribution in [0.15, 0.2) is 12.2 Å². The first-order valence-electron chi connectivity index (χ1n) is 3.95. The molecule has 0 rings (SSSR count). The molecule has 0 saturated heterocycles. The zero-order chi connectivity index (χ0) is 9.23. The average Bonchev–Trinajstić information content (AvgIpc) is 2.10. The van der Waals surface area contributed by atoms with Crippen molar-refractivity contribution in [2.45, 2.75) is 19.4 Å². The maximum absolute atomic E-state index is 8.35. The minimum Gasteiger partial charge on any atom is -0.359 e. The molecule has 72 valence electrons. The van der Waals surface area contributed by atoms with Crippen molar-refractivity contribution >= 4 is 0 Å². The van der Waals surface area contributed by atoms with Crippen molar-refractivity contribution in [3.8, 4) is 0 Å². The molecule has 0 aliphatic rings. The van der Waals surface area contributed by atoms with Crippen LogP contribution >= 0.6 is 0 Å². The van der Waals surface area contributed by atoms with E-state index in [-0.39, 0.29) is 12.9 Å². The Hall–Kier alpha value is -0.420. The van der Waals surface area contributed by atoms with Gasteiger partial charge in [-0.05, 0) is 13.3 Å². The van der Waals surface area contributed by atoms with Crippen molar-refractivity contribution in [2.75, 3.05) is 20.4 Å². The Morgan fingerprint density at radius 2 is 2.33 bits per heavy atom. The Balaban J connectivity index is 3.54. The number of methoxy groups -OCH3 is 1. The summed E-state index contributed by atoms with van der Waals surface area (Å²) >= 11 is 0. The van der Waals surface area contributed by atoms with E-state index in [2.05, 4.69) is 5.48 Å². The smallest absolute Gasteiger partial charge is 0.147 e. The zero-order valence-electron chi connectivity index (χ0n) is 7.62. The van der Waals surface area contributed by atoms with Crippen LogP contribution in [0.2, 0.25) is 0 Å². The van der Waals surface area contributed by atoms with E-state index in [1.165, 1.54) is 0 Å². The predicted molar refractivity (Wildman–Crippen MR) is 46.0 cm³/mol. The van der Waals surface area contributed by atoms with Crippen LogP contribution in [0.1, 0.15) is 13.3 Å². The molecule has 0 fully saturated rings. The van der Waals surface area contributed by atoms with E-state index in [1.54, 1.807) is 7.11 Å². The lowest BCUT2D eigenvalue weighted by atomic mass is 10.2. The summed E-state index contributed by atoms with van der Waals surface area (Å²) in [4.78, 5) is 0. The van der Waals surface area contributed by atoms with Crippen molar-refractivity contribution in [3.63, 3.8) is 0 Å². The molecule has 4 nitrogen and oxygen atoms in total. The molecule has 0 heterocycles. The molecule has 0 saturated carbocycles. The maximum atomic E-state index is 8.35. The number of nitrogens with one attached hydrogen (secondary N) is 1. The van der Waals surface area contributed by atoms with Crippen LogP contribution in [0.3, 0.4) is 0 Å². The second-order valence-electron chi connectivity index (χ2n) is 2.33. The molecule has 0 aliphatic carbocycles. The summed E-state index contributed by atoms with van der Waals surface area (Å²) < 4.78 is 10.0. The van der Waals surface area contributed by atoms with Gasteiger partial charge in [-0.2, -0.15) is 0 Å². The third kappa shape index (κ3) is 6.30. The van der Waals surface area contributed by atoms with Crippen LogP contribution in [0.5, 0.6) is 0 Å². The molecule has 0 radical (unpaired) electrons. The van der Waals surface area contributed by atoms with E-state index in [4.69, 9.17) is 14.7 Å². The summed E-state index contributed by atoms with van der Waals surface area (Å²) in [5, 5.41) is 8.35. The van der Waals surface area contributed by atoms with E-state index in [9.17, 15) is 0 Å². The van der Waals surface area contributed by atoms with Gasteiger partial charge in [-0.25, -0.2) is 5.48 Å². The maximum Gasteiger partial charge on any atom is 0.147 e. The van der Waals surface area contributed by atoms with Gasteiger partial charge < -0.3 is 14.7 Å². The quantitative estimate of drug-likeness (QED) is 0.343. The largest absolute Gasteiger partial charge is 0.359 e. The van der Waals surface area contributed by atoms with Gasteiger partial charge in [0.1, 0.15) is 6.79 Å². The number of hydrogen-bond acceptors (Lipinski definition) is 4. The number of hydroxylamine groups is 1. The molecule has 0 aromatic carbocycles. The van der Waals surface area contributed by atoms with Crippen LogP contribution in [0.25, 0.3) is 0 Å². The van der Waals surface area contributed by atoms with Crippen LogP contribution in [-0.2, 0) is 9.47 Å². The van der Waals surface area contributed by atoms with Gasteiger partial charge in [0.05, 0.1) is 6.10 Å². The summed E-state index contributed by atoms with van der Waals surface area (Å²) in [6.07, 6.45) is 4.58. The van der Waals surface area contributed by atoms with Gasteiger partial charge in [-0.1, -0.05) is 12.2 Å². The lowest BCUT2D eigenvalue weighted by Crippen LogP contribution is -2.19. The van der Waals surface area contributed by atoms with Crippen molar-refractivity contribution < 1.29 is 14.7 Å². The van der Waals surface area contributed by atoms with Crippen LogP contribution in [0.4, 0.5) is 0 Å². The zero-order valence-corrected chi connectivity index (χ0v) is 7.62. The van der Waals surface area contributed by atoms with Gasteiger partial charge in [-0.3, -0.25) is 0 Å². The van der Waals surface area contributed by atoms with E-state index in [1.807, 2.05) is 19.1 Å². The molecule has 2 N–H and O–H groups in total. The Morgan fingerprint density at radius 1 is 1.58 bits per heavy atom. The molecular formula is C8H17NO3. The highest BCUT2D eigenvalue weighted by Crippen LogP contribution is 1.99. The van der Waals surface area contributed by atoms with Crippen LogP contribution < -0.4 is 5.48 Å². The SMILES string of the molecule is C/C=C/C(CCNO)OCOC. The first-order chi connectivity index (χ1) is 5.85. The Bertz CT molecular complexity index is 109. The Morgan fingerprint density at radius 3 is 2.83 bits per heavy atom. The van der Waals surface area contributed by atoms with Crippen molar-refractivity contribution in [2.24, 2.45) is 0 Å². The highest BCUT2D eigenvalue weighted by Gasteiger charge is 2.02. The summed E-state index contributed by atoms with van der Waals surface area (Å²) in [5.41, 5.74) is 2.08. The summed E-state index contributed by atoms with van der Waals surface area (Å²) in [6.45, 7) is 2.72. The highest BCUT2D eigenvalue weighted by atomic mass is 16.7. The molecule has 12 heavy (non-hydrogen) atoms. The molecule has 0 aromatic heterocycles. The molecule has 0 spiro atoms. The topological polar surface area (TPSA) is 50.7 Å². The Kier molecular flexibility index (Phi) is 8.37.